The summed E-state index contributed by atoms with van der Waals surface area (Å²) < 4.78 is 0. The van der Waals surface area contributed by atoms with Gasteiger partial charge in [0.05, 0.1) is 11.6 Å². The first kappa shape index (κ1) is 13.1. The number of nitrogens with zero attached hydrogens (tertiary/aromatic N) is 1. The average molecular weight is 241 g/mol. The van der Waals surface area contributed by atoms with Crippen molar-refractivity contribution in [1.29, 1.82) is 0 Å². The van der Waals surface area contributed by atoms with Crippen LogP contribution in [0.25, 0.3) is 0 Å². The number of carbonyl (C=O) groups is 1. The van der Waals surface area contributed by atoms with E-state index in [0.717, 1.165) is 5.01 Å². The number of nitrogens with one attached hydrogen (secondary N) is 1. The number of nitrogens with two attached hydrogens (primary N) is 1. The van der Waals surface area contributed by atoms with Crippen LogP contribution in [-0.4, -0.2) is 16.9 Å². The molecule has 1 unspecified atom stereocenters. The molecule has 4 nitrogen and oxygen atoms in total. The molecule has 0 aliphatic heterocycles. The summed E-state index contributed by atoms with van der Waals surface area (Å²) >= 11 is 1.53. The molecule has 16 heavy (non-hydrogen) atoms. The van der Waals surface area contributed by atoms with Gasteiger partial charge in [0.25, 0.3) is 0 Å². The van der Waals surface area contributed by atoms with E-state index < -0.39 is 11.6 Å². The van der Waals surface area contributed by atoms with Crippen molar-refractivity contribution in [3.8, 4) is 0 Å². The summed E-state index contributed by atoms with van der Waals surface area (Å²) in [5.74, 6) is 0.00212. The van der Waals surface area contributed by atoms with Crippen molar-refractivity contribution in [1.82, 2.24) is 10.3 Å². The monoisotopic (exact) mass is 241 g/mol. The van der Waals surface area contributed by atoms with E-state index in [0.29, 0.717) is 0 Å². The molecule has 0 aliphatic carbocycles. The molecule has 0 fully saturated rings. The molecule has 1 amide bonds. The van der Waals surface area contributed by atoms with E-state index in [4.69, 9.17) is 5.73 Å². The Labute approximate surface area is 100 Å². The zero-order valence-electron chi connectivity index (χ0n) is 10.2. The zero-order valence-corrected chi connectivity index (χ0v) is 11.0. The number of hydrogen-bond donors (Lipinski definition) is 2. The lowest BCUT2D eigenvalue weighted by Gasteiger charge is -2.26. The molecule has 0 saturated carbocycles. The van der Waals surface area contributed by atoms with E-state index in [1.807, 2.05) is 33.1 Å². The van der Waals surface area contributed by atoms with Gasteiger partial charge < -0.3 is 11.1 Å². The maximum absolute atomic E-state index is 11.8. The summed E-state index contributed by atoms with van der Waals surface area (Å²) in [6.45, 7) is 7.72. The number of thiazole rings is 1. The predicted octanol–water partition coefficient (Wildman–Crippen LogP) is 1.48. The second-order valence-electron chi connectivity index (χ2n) is 4.72. The maximum atomic E-state index is 11.8. The predicted molar refractivity (Wildman–Crippen MR) is 66.1 cm³/mol. The van der Waals surface area contributed by atoms with E-state index >= 15 is 0 Å². The summed E-state index contributed by atoms with van der Waals surface area (Å²) in [6.07, 6.45) is 1.73. The third kappa shape index (κ3) is 3.02. The second kappa shape index (κ2) is 4.93. The fourth-order valence-electron chi connectivity index (χ4n) is 1.28. The smallest absolute Gasteiger partial charge is 0.237 e. The van der Waals surface area contributed by atoms with Gasteiger partial charge >= 0.3 is 0 Å². The van der Waals surface area contributed by atoms with E-state index in [2.05, 4.69) is 10.3 Å². The molecular weight excluding hydrogens is 222 g/mol. The van der Waals surface area contributed by atoms with Crippen LogP contribution in [0.3, 0.4) is 0 Å². The van der Waals surface area contributed by atoms with Gasteiger partial charge in [0.1, 0.15) is 5.01 Å². The molecule has 0 saturated heterocycles. The summed E-state index contributed by atoms with van der Waals surface area (Å²) in [5.41, 5.74) is 5.33. The lowest BCUT2D eigenvalue weighted by Crippen LogP contribution is -2.50. The Morgan fingerprint density at radius 3 is 2.62 bits per heavy atom. The van der Waals surface area contributed by atoms with E-state index in [-0.39, 0.29) is 11.8 Å². The first-order valence-corrected chi connectivity index (χ1v) is 6.20. The van der Waals surface area contributed by atoms with Crippen LogP contribution in [0.1, 0.15) is 32.7 Å². The van der Waals surface area contributed by atoms with Crippen molar-refractivity contribution in [3.05, 3.63) is 16.6 Å². The molecule has 90 valence electrons. The van der Waals surface area contributed by atoms with Gasteiger partial charge in [-0.1, -0.05) is 13.8 Å². The summed E-state index contributed by atoms with van der Waals surface area (Å²) in [6, 6.07) is -0.473. The van der Waals surface area contributed by atoms with Crippen LogP contribution in [-0.2, 0) is 10.3 Å². The van der Waals surface area contributed by atoms with Crippen molar-refractivity contribution in [3.63, 3.8) is 0 Å². The number of aromatic nitrogens is 1. The highest BCUT2D eigenvalue weighted by atomic mass is 32.1. The minimum absolute atomic E-state index is 0.129. The Morgan fingerprint density at radius 2 is 2.19 bits per heavy atom. The Balaban J connectivity index is 2.70. The van der Waals surface area contributed by atoms with Crippen LogP contribution in [0.5, 0.6) is 0 Å². The normalized spacial score (nSPS) is 13.9. The van der Waals surface area contributed by atoms with Gasteiger partial charge in [0.2, 0.25) is 5.91 Å². The number of amides is 1. The molecule has 1 heterocycles. The Hall–Kier alpha value is -0.940. The zero-order chi connectivity index (χ0) is 12.3. The van der Waals surface area contributed by atoms with Crippen molar-refractivity contribution in [2.24, 2.45) is 11.7 Å². The van der Waals surface area contributed by atoms with Crippen molar-refractivity contribution >= 4 is 17.2 Å². The largest absolute Gasteiger partial charge is 0.343 e. The van der Waals surface area contributed by atoms with Gasteiger partial charge in [-0.05, 0) is 19.8 Å². The first-order valence-electron chi connectivity index (χ1n) is 5.32. The van der Waals surface area contributed by atoms with E-state index in [1.165, 1.54) is 11.3 Å². The van der Waals surface area contributed by atoms with Crippen molar-refractivity contribution < 1.29 is 4.79 Å². The van der Waals surface area contributed by atoms with Gasteiger partial charge in [-0.15, -0.1) is 11.3 Å². The third-order valence-corrected chi connectivity index (χ3v) is 3.52. The van der Waals surface area contributed by atoms with Crippen LogP contribution in [0.4, 0.5) is 0 Å². The van der Waals surface area contributed by atoms with Crippen molar-refractivity contribution in [2.75, 3.05) is 0 Å². The molecule has 0 aromatic carbocycles. The number of hydrogen-bond acceptors (Lipinski definition) is 4. The maximum Gasteiger partial charge on any atom is 0.237 e. The van der Waals surface area contributed by atoms with Gasteiger partial charge in [0, 0.05) is 11.6 Å². The minimum Gasteiger partial charge on any atom is -0.343 e. The molecule has 0 spiro atoms. The summed E-state index contributed by atoms with van der Waals surface area (Å²) in [7, 11) is 0. The molecule has 0 bridgehead atoms. The highest BCUT2D eigenvalue weighted by Gasteiger charge is 2.28. The highest BCUT2D eigenvalue weighted by Crippen LogP contribution is 2.22. The molecule has 0 aliphatic rings. The highest BCUT2D eigenvalue weighted by molar-refractivity contribution is 7.09. The summed E-state index contributed by atoms with van der Waals surface area (Å²) in [5, 5.41) is 5.70. The number of rotatable bonds is 4. The molecular formula is C11H19N3OS. The lowest BCUT2D eigenvalue weighted by atomic mass is 10.0. The Kier molecular flexibility index (Phi) is 4.04. The second-order valence-corrected chi connectivity index (χ2v) is 5.62. The van der Waals surface area contributed by atoms with Crippen LogP contribution >= 0.6 is 11.3 Å². The van der Waals surface area contributed by atoms with E-state index in [1.54, 1.807) is 6.20 Å². The molecule has 1 rings (SSSR count). The molecule has 1 aromatic rings. The lowest BCUT2D eigenvalue weighted by molar-refractivity contribution is -0.124. The Morgan fingerprint density at radius 1 is 1.56 bits per heavy atom. The SMILES string of the molecule is CC(C)C(N)C(=O)NC(C)(C)c1nccs1. The fraction of sp³-hybridized carbons (Fsp3) is 0.636. The fourth-order valence-corrected chi connectivity index (χ4v) is 2.00. The molecule has 0 radical (unpaired) electrons. The van der Waals surface area contributed by atoms with E-state index in [9.17, 15) is 4.79 Å². The quantitative estimate of drug-likeness (QED) is 0.839. The summed E-state index contributed by atoms with van der Waals surface area (Å²) in [4.78, 5) is 16.0. The van der Waals surface area contributed by atoms with Gasteiger partial charge in [-0.3, -0.25) is 4.79 Å². The molecule has 5 heteroatoms. The van der Waals surface area contributed by atoms with Crippen LogP contribution in [0.2, 0.25) is 0 Å². The van der Waals surface area contributed by atoms with Gasteiger partial charge in [0.15, 0.2) is 0 Å². The number of carbonyl (C=O) groups excluding carboxylic acids is 1. The standard InChI is InChI=1S/C11H19N3OS/c1-7(2)8(12)9(15)14-11(3,4)10-13-5-6-16-10/h5-8H,12H2,1-4H3,(H,14,15). The topological polar surface area (TPSA) is 68.0 Å². The minimum atomic E-state index is -0.473. The van der Waals surface area contributed by atoms with Gasteiger partial charge in [-0.25, -0.2) is 4.98 Å². The first-order chi connectivity index (χ1) is 7.34. The van der Waals surface area contributed by atoms with Crippen molar-refractivity contribution in [2.45, 2.75) is 39.3 Å². The third-order valence-electron chi connectivity index (χ3n) is 2.42. The Bertz CT molecular complexity index is 346. The van der Waals surface area contributed by atoms with Crippen LogP contribution in [0, 0.1) is 5.92 Å². The molecule has 3 N–H and O–H groups in total. The molecule has 1 aromatic heterocycles. The molecule has 1 atom stereocenters. The average Bonchev–Trinajstić information content (AvgIpc) is 2.68. The van der Waals surface area contributed by atoms with Gasteiger partial charge in [-0.2, -0.15) is 0 Å². The van der Waals surface area contributed by atoms with Crippen LogP contribution in [0.15, 0.2) is 11.6 Å². The van der Waals surface area contributed by atoms with Crippen LogP contribution < -0.4 is 11.1 Å².